The SMILES string of the molecule is CC1=C2[C@@H](CC/C(=C/c3ccc(O)c4ccccc34)c3ccccc3)OC[C@@H]2[C@@H]2C(=O)N(c3ccccc3)C(=O)[C@@H]2C1. The molecule has 4 atom stereocenters. The number of allylic oxidation sites excluding steroid dienone is 2. The number of rotatable bonds is 6. The molecule has 0 saturated carbocycles. The lowest BCUT2D eigenvalue weighted by atomic mass is 9.70. The molecule has 4 aromatic carbocycles. The molecule has 0 spiro atoms. The predicted octanol–water partition coefficient (Wildman–Crippen LogP) is 7.41. The van der Waals surface area contributed by atoms with Gasteiger partial charge < -0.3 is 9.84 Å². The standard InChI is InChI=1S/C37H33NO4/c1-23-20-30-35(37(41)38(36(30)40)27-12-6-3-7-13-27)31-22-42-33(34(23)31)19-17-25(24-10-4-2-5-11-24)21-26-16-18-32(39)29-15-9-8-14-28(26)29/h2-16,18,21,30-31,33,35,39H,17,19-20,22H2,1H3/b25-21-/t30-,31+,33-,35-/m1/s1. The molecule has 1 N–H and O–H groups in total. The van der Waals surface area contributed by atoms with E-state index in [1.807, 2.05) is 66.7 Å². The van der Waals surface area contributed by atoms with Crippen molar-refractivity contribution >= 4 is 39.9 Å². The molecule has 0 radical (unpaired) electrons. The molecule has 5 heteroatoms. The Bertz CT molecular complexity index is 1740. The van der Waals surface area contributed by atoms with Crippen LogP contribution in [0.3, 0.4) is 0 Å². The number of nitrogens with zero attached hydrogens (tertiary/aromatic N) is 1. The summed E-state index contributed by atoms with van der Waals surface area (Å²) in [5.41, 5.74) is 6.45. The fourth-order valence-corrected chi connectivity index (χ4v) is 7.32. The Hall–Kier alpha value is -4.48. The van der Waals surface area contributed by atoms with Crippen molar-refractivity contribution in [3.8, 4) is 5.75 Å². The number of phenolic OH excluding ortho intramolecular Hbond substituents is 1. The monoisotopic (exact) mass is 555 g/mol. The van der Waals surface area contributed by atoms with Crippen molar-refractivity contribution in [1.29, 1.82) is 0 Å². The van der Waals surface area contributed by atoms with E-state index in [-0.39, 0.29) is 41.4 Å². The molecule has 0 bridgehead atoms. The van der Waals surface area contributed by atoms with Gasteiger partial charge in [-0.05, 0) is 72.0 Å². The van der Waals surface area contributed by atoms with Crippen molar-refractivity contribution in [3.63, 3.8) is 0 Å². The first-order valence-corrected chi connectivity index (χ1v) is 14.7. The Morgan fingerprint density at radius 3 is 2.31 bits per heavy atom. The van der Waals surface area contributed by atoms with E-state index >= 15 is 0 Å². The van der Waals surface area contributed by atoms with E-state index in [9.17, 15) is 14.7 Å². The second-order valence-corrected chi connectivity index (χ2v) is 11.6. The van der Waals surface area contributed by atoms with E-state index in [0.29, 0.717) is 18.7 Å². The van der Waals surface area contributed by atoms with Gasteiger partial charge in [-0.15, -0.1) is 0 Å². The first kappa shape index (κ1) is 26.4. The number of para-hydroxylation sites is 1. The van der Waals surface area contributed by atoms with Crippen LogP contribution in [0.5, 0.6) is 5.75 Å². The highest BCUT2D eigenvalue weighted by molar-refractivity contribution is 6.22. The van der Waals surface area contributed by atoms with E-state index in [1.54, 1.807) is 6.07 Å². The van der Waals surface area contributed by atoms with Crippen LogP contribution in [-0.4, -0.2) is 29.6 Å². The average Bonchev–Trinajstić information content (AvgIpc) is 3.55. The number of amides is 2. The maximum atomic E-state index is 13.7. The van der Waals surface area contributed by atoms with Gasteiger partial charge in [-0.3, -0.25) is 14.5 Å². The summed E-state index contributed by atoms with van der Waals surface area (Å²) in [6, 6.07) is 31.3. The number of phenols is 1. The Morgan fingerprint density at radius 2 is 1.55 bits per heavy atom. The molecule has 2 amide bonds. The van der Waals surface area contributed by atoms with Crippen LogP contribution in [-0.2, 0) is 14.3 Å². The molecule has 2 fully saturated rings. The fraction of sp³-hybridized carbons (Fsp3) is 0.243. The number of ether oxygens (including phenoxy) is 1. The highest BCUT2D eigenvalue weighted by Crippen LogP contribution is 2.50. The van der Waals surface area contributed by atoms with Crippen molar-refractivity contribution in [2.75, 3.05) is 11.5 Å². The minimum atomic E-state index is -0.367. The number of hydrogen-bond acceptors (Lipinski definition) is 4. The predicted molar refractivity (Wildman–Crippen MR) is 166 cm³/mol. The summed E-state index contributed by atoms with van der Waals surface area (Å²) in [4.78, 5) is 28.5. The van der Waals surface area contributed by atoms with Crippen molar-refractivity contribution in [3.05, 3.63) is 119 Å². The molecule has 5 nitrogen and oxygen atoms in total. The molecular weight excluding hydrogens is 522 g/mol. The van der Waals surface area contributed by atoms with Gasteiger partial charge in [-0.25, -0.2) is 0 Å². The van der Waals surface area contributed by atoms with Crippen LogP contribution in [0.2, 0.25) is 0 Å². The topological polar surface area (TPSA) is 66.8 Å². The molecule has 0 aromatic heterocycles. The number of fused-ring (bicyclic) bond motifs is 4. The van der Waals surface area contributed by atoms with Gasteiger partial charge >= 0.3 is 0 Å². The van der Waals surface area contributed by atoms with E-state index < -0.39 is 0 Å². The van der Waals surface area contributed by atoms with Crippen LogP contribution in [0.1, 0.15) is 37.3 Å². The van der Waals surface area contributed by atoms with E-state index in [2.05, 4.69) is 37.3 Å². The summed E-state index contributed by atoms with van der Waals surface area (Å²) < 4.78 is 6.43. The Balaban J connectivity index is 1.17. The van der Waals surface area contributed by atoms with Crippen LogP contribution in [0, 0.1) is 17.8 Å². The van der Waals surface area contributed by atoms with E-state index in [4.69, 9.17) is 4.74 Å². The number of aromatic hydroxyl groups is 1. The van der Waals surface area contributed by atoms with Crippen molar-refractivity contribution in [2.45, 2.75) is 32.3 Å². The number of imide groups is 1. The summed E-state index contributed by atoms with van der Waals surface area (Å²) in [5.74, 6) is -0.666. The summed E-state index contributed by atoms with van der Waals surface area (Å²) in [6.45, 7) is 2.58. The third-order valence-electron chi connectivity index (χ3n) is 9.25. The van der Waals surface area contributed by atoms with Crippen molar-refractivity contribution < 1.29 is 19.4 Å². The number of benzene rings is 4. The van der Waals surface area contributed by atoms with E-state index in [0.717, 1.165) is 34.7 Å². The number of carbonyl (C=O) groups excluding carboxylic acids is 2. The van der Waals surface area contributed by atoms with Gasteiger partial charge in [0.05, 0.1) is 30.2 Å². The normalized spacial score (nSPS) is 23.9. The first-order chi connectivity index (χ1) is 20.5. The molecule has 0 unspecified atom stereocenters. The first-order valence-electron chi connectivity index (χ1n) is 14.7. The lowest BCUT2D eigenvalue weighted by Gasteiger charge is -2.30. The minimum absolute atomic E-state index is 0.0656. The molecule has 7 rings (SSSR count). The lowest BCUT2D eigenvalue weighted by Crippen LogP contribution is -2.34. The third kappa shape index (κ3) is 4.45. The van der Waals surface area contributed by atoms with Crippen LogP contribution in [0.25, 0.3) is 22.4 Å². The molecule has 42 heavy (non-hydrogen) atoms. The molecular formula is C37H33NO4. The van der Waals surface area contributed by atoms with Gasteiger partial charge in [0, 0.05) is 11.3 Å². The highest BCUT2D eigenvalue weighted by atomic mass is 16.5. The average molecular weight is 556 g/mol. The van der Waals surface area contributed by atoms with Gasteiger partial charge in [-0.2, -0.15) is 0 Å². The lowest BCUT2D eigenvalue weighted by molar-refractivity contribution is -0.122. The largest absolute Gasteiger partial charge is 0.507 e. The van der Waals surface area contributed by atoms with Gasteiger partial charge in [0.15, 0.2) is 0 Å². The minimum Gasteiger partial charge on any atom is -0.507 e. The van der Waals surface area contributed by atoms with Crippen LogP contribution in [0.15, 0.2) is 108 Å². The maximum Gasteiger partial charge on any atom is 0.238 e. The molecule has 1 aliphatic carbocycles. The number of hydrogen-bond donors (Lipinski definition) is 1. The van der Waals surface area contributed by atoms with Gasteiger partial charge in [0.25, 0.3) is 0 Å². The fourth-order valence-electron chi connectivity index (χ4n) is 7.32. The zero-order valence-electron chi connectivity index (χ0n) is 23.6. The van der Waals surface area contributed by atoms with Gasteiger partial charge in [-0.1, -0.05) is 90.5 Å². The summed E-state index contributed by atoms with van der Waals surface area (Å²) >= 11 is 0. The zero-order valence-corrected chi connectivity index (χ0v) is 23.6. The third-order valence-corrected chi connectivity index (χ3v) is 9.25. The summed E-state index contributed by atoms with van der Waals surface area (Å²) in [6.07, 6.45) is 4.30. The number of carbonyl (C=O) groups is 2. The zero-order chi connectivity index (χ0) is 28.8. The molecule has 4 aromatic rings. The van der Waals surface area contributed by atoms with E-state index in [1.165, 1.54) is 21.6 Å². The van der Waals surface area contributed by atoms with Crippen LogP contribution < -0.4 is 4.90 Å². The second-order valence-electron chi connectivity index (χ2n) is 11.6. The second kappa shape index (κ2) is 10.7. The van der Waals surface area contributed by atoms with Crippen LogP contribution >= 0.6 is 0 Å². The molecule has 3 aliphatic rings. The van der Waals surface area contributed by atoms with Crippen LogP contribution in [0.4, 0.5) is 5.69 Å². The van der Waals surface area contributed by atoms with Gasteiger partial charge in [0.1, 0.15) is 5.75 Å². The molecule has 2 aliphatic heterocycles. The molecule has 2 saturated heterocycles. The molecule has 2 heterocycles. The number of anilines is 1. The summed E-state index contributed by atoms with van der Waals surface area (Å²) in [5, 5.41) is 12.3. The Morgan fingerprint density at radius 1 is 0.857 bits per heavy atom. The smallest absolute Gasteiger partial charge is 0.238 e. The summed E-state index contributed by atoms with van der Waals surface area (Å²) in [7, 11) is 0. The quantitative estimate of drug-likeness (QED) is 0.153. The maximum absolute atomic E-state index is 13.7. The highest BCUT2D eigenvalue weighted by Gasteiger charge is 2.56. The molecule has 210 valence electrons. The van der Waals surface area contributed by atoms with Crippen molar-refractivity contribution in [2.24, 2.45) is 17.8 Å². The Kier molecular flexibility index (Phi) is 6.75. The Labute approximate surface area is 245 Å². The van der Waals surface area contributed by atoms with Crippen molar-refractivity contribution in [1.82, 2.24) is 0 Å². The van der Waals surface area contributed by atoms with Gasteiger partial charge in [0.2, 0.25) is 11.8 Å².